The lowest BCUT2D eigenvalue weighted by Crippen LogP contribution is -1.91. The van der Waals surface area contributed by atoms with Crippen LogP contribution in [0.25, 0.3) is 0 Å². The van der Waals surface area contributed by atoms with E-state index in [2.05, 4.69) is 21.8 Å². The molecule has 0 amide bonds. The van der Waals surface area contributed by atoms with Crippen LogP contribution in [0, 0.1) is 11.8 Å². The van der Waals surface area contributed by atoms with E-state index in [-0.39, 0.29) is 6.61 Å². The van der Waals surface area contributed by atoms with Crippen LogP contribution in [-0.4, -0.2) is 28.8 Å². The van der Waals surface area contributed by atoms with Gasteiger partial charge >= 0.3 is 0 Å². The van der Waals surface area contributed by atoms with Crippen molar-refractivity contribution in [1.29, 1.82) is 0 Å². The number of benzene rings is 1. The monoisotopic (exact) mass is 274 g/mol. The van der Waals surface area contributed by atoms with Crippen molar-refractivity contribution < 1.29 is 9.84 Å². The number of hydrogen-bond donors (Lipinski definition) is 2. The number of H-pyrrole nitrogens is 1. The summed E-state index contributed by atoms with van der Waals surface area (Å²) in [4.78, 5) is 7.21. The number of imidazole rings is 1. The number of thioether (sulfide) groups is 1. The second-order valence-corrected chi connectivity index (χ2v) is 4.63. The SMILES string of the molecule is COc1ccc(C#CCO)c(CSc2ncc[nH]2)c1. The van der Waals surface area contributed by atoms with Crippen LogP contribution in [-0.2, 0) is 5.75 Å². The number of nitrogens with one attached hydrogen (secondary N) is 1. The number of hydrogen-bond acceptors (Lipinski definition) is 4. The summed E-state index contributed by atoms with van der Waals surface area (Å²) in [7, 11) is 1.64. The summed E-state index contributed by atoms with van der Waals surface area (Å²) in [5, 5.41) is 9.65. The third-order valence-corrected chi connectivity index (χ3v) is 3.40. The van der Waals surface area contributed by atoms with Crippen molar-refractivity contribution in [3.8, 4) is 17.6 Å². The summed E-state index contributed by atoms with van der Waals surface area (Å²) >= 11 is 1.59. The van der Waals surface area contributed by atoms with Crippen LogP contribution in [0.2, 0.25) is 0 Å². The Morgan fingerprint density at radius 3 is 3.05 bits per heavy atom. The normalized spacial score (nSPS) is 9.79. The van der Waals surface area contributed by atoms with E-state index >= 15 is 0 Å². The minimum atomic E-state index is -0.142. The van der Waals surface area contributed by atoms with Crippen LogP contribution in [0.3, 0.4) is 0 Å². The van der Waals surface area contributed by atoms with Crippen molar-refractivity contribution in [2.24, 2.45) is 0 Å². The third-order valence-electron chi connectivity index (χ3n) is 2.45. The van der Waals surface area contributed by atoms with Crippen molar-refractivity contribution in [3.05, 3.63) is 41.7 Å². The quantitative estimate of drug-likeness (QED) is 0.662. The summed E-state index contributed by atoms with van der Waals surface area (Å²) in [5.74, 6) is 7.14. The van der Waals surface area contributed by atoms with Gasteiger partial charge in [-0.1, -0.05) is 23.6 Å². The number of nitrogens with zero attached hydrogens (tertiary/aromatic N) is 1. The van der Waals surface area contributed by atoms with Gasteiger partial charge in [-0.15, -0.1) is 0 Å². The Morgan fingerprint density at radius 1 is 1.47 bits per heavy atom. The predicted molar refractivity (Wildman–Crippen MR) is 75.1 cm³/mol. The van der Waals surface area contributed by atoms with Crippen LogP contribution in [0.5, 0.6) is 5.75 Å². The van der Waals surface area contributed by atoms with Crippen molar-refractivity contribution in [1.82, 2.24) is 9.97 Å². The first-order valence-electron chi connectivity index (χ1n) is 5.72. The molecule has 2 N–H and O–H groups in total. The number of ether oxygens (including phenoxy) is 1. The fourth-order valence-corrected chi connectivity index (χ4v) is 2.37. The molecule has 19 heavy (non-hydrogen) atoms. The molecule has 98 valence electrons. The van der Waals surface area contributed by atoms with E-state index in [0.717, 1.165) is 27.8 Å². The van der Waals surface area contributed by atoms with Gasteiger partial charge in [0.1, 0.15) is 12.4 Å². The van der Waals surface area contributed by atoms with Gasteiger partial charge in [-0.25, -0.2) is 4.98 Å². The predicted octanol–water partition coefficient (Wildman–Crippen LogP) is 2.05. The molecule has 0 bridgehead atoms. The molecular formula is C14H14N2O2S. The maximum Gasteiger partial charge on any atom is 0.165 e. The summed E-state index contributed by atoms with van der Waals surface area (Å²) in [6, 6.07) is 5.72. The van der Waals surface area contributed by atoms with Crippen LogP contribution in [0.15, 0.2) is 35.7 Å². The zero-order valence-corrected chi connectivity index (χ0v) is 11.3. The molecule has 0 unspecified atom stereocenters. The largest absolute Gasteiger partial charge is 0.497 e. The van der Waals surface area contributed by atoms with Gasteiger partial charge in [-0.3, -0.25) is 0 Å². The first-order valence-corrected chi connectivity index (χ1v) is 6.71. The Morgan fingerprint density at radius 2 is 2.37 bits per heavy atom. The standard InChI is InChI=1S/C14H14N2O2S/c1-18-13-5-4-11(3-2-8-17)12(9-13)10-19-14-15-6-7-16-14/h4-7,9,17H,8,10H2,1H3,(H,15,16). The molecule has 0 radical (unpaired) electrons. The first-order chi connectivity index (χ1) is 9.33. The zero-order valence-electron chi connectivity index (χ0n) is 10.5. The van der Waals surface area contributed by atoms with E-state index in [1.807, 2.05) is 18.2 Å². The highest BCUT2D eigenvalue weighted by molar-refractivity contribution is 7.98. The second kappa shape index (κ2) is 6.88. The lowest BCUT2D eigenvalue weighted by Gasteiger charge is -2.06. The fourth-order valence-electron chi connectivity index (χ4n) is 1.55. The molecule has 0 aliphatic heterocycles. The van der Waals surface area contributed by atoms with Crippen LogP contribution in [0.4, 0.5) is 0 Å². The summed E-state index contributed by atoms with van der Waals surface area (Å²) in [5.41, 5.74) is 1.95. The molecule has 0 atom stereocenters. The highest BCUT2D eigenvalue weighted by Crippen LogP contribution is 2.24. The van der Waals surface area contributed by atoms with Gasteiger partial charge in [0.2, 0.25) is 0 Å². The maximum absolute atomic E-state index is 8.78. The van der Waals surface area contributed by atoms with E-state index in [9.17, 15) is 0 Å². The topological polar surface area (TPSA) is 58.1 Å². The van der Waals surface area contributed by atoms with E-state index in [1.54, 1.807) is 31.3 Å². The Balaban J connectivity index is 2.19. The molecule has 0 aliphatic carbocycles. The van der Waals surface area contributed by atoms with Gasteiger partial charge in [0.25, 0.3) is 0 Å². The average Bonchev–Trinajstić information content (AvgIpc) is 2.96. The van der Waals surface area contributed by atoms with E-state index in [4.69, 9.17) is 9.84 Å². The van der Waals surface area contributed by atoms with Gasteiger partial charge in [0.05, 0.1) is 7.11 Å². The minimum absolute atomic E-state index is 0.142. The van der Waals surface area contributed by atoms with Crippen molar-refractivity contribution >= 4 is 11.8 Å². The first kappa shape index (κ1) is 13.5. The molecule has 0 saturated heterocycles. The summed E-state index contributed by atoms with van der Waals surface area (Å²) < 4.78 is 5.22. The van der Waals surface area contributed by atoms with Gasteiger partial charge in [0.15, 0.2) is 5.16 Å². The smallest absolute Gasteiger partial charge is 0.165 e. The van der Waals surface area contributed by atoms with E-state index < -0.39 is 0 Å². The van der Waals surface area contributed by atoms with E-state index in [1.165, 1.54) is 0 Å². The van der Waals surface area contributed by atoms with Crippen molar-refractivity contribution in [2.45, 2.75) is 10.9 Å². The summed E-state index contributed by atoms with van der Waals surface area (Å²) in [6.07, 6.45) is 3.51. The third kappa shape index (κ3) is 3.78. The zero-order chi connectivity index (χ0) is 13.5. The lowest BCUT2D eigenvalue weighted by atomic mass is 10.1. The van der Waals surface area contributed by atoms with Crippen LogP contribution in [0.1, 0.15) is 11.1 Å². The molecule has 0 aliphatic rings. The minimum Gasteiger partial charge on any atom is -0.497 e. The molecule has 1 heterocycles. The second-order valence-electron chi connectivity index (χ2n) is 3.67. The Hall–Kier alpha value is -1.90. The lowest BCUT2D eigenvalue weighted by molar-refractivity contribution is 0.350. The van der Waals surface area contributed by atoms with E-state index in [0.29, 0.717) is 0 Å². The molecule has 0 saturated carbocycles. The summed E-state index contributed by atoms with van der Waals surface area (Å²) in [6.45, 7) is -0.142. The number of aliphatic hydroxyl groups excluding tert-OH is 1. The highest BCUT2D eigenvalue weighted by Gasteiger charge is 2.05. The van der Waals surface area contributed by atoms with Crippen molar-refractivity contribution in [3.63, 3.8) is 0 Å². The molecule has 0 spiro atoms. The molecule has 4 nitrogen and oxygen atoms in total. The maximum atomic E-state index is 8.78. The molecule has 5 heteroatoms. The van der Waals surface area contributed by atoms with Gasteiger partial charge in [-0.2, -0.15) is 0 Å². The number of rotatable bonds is 4. The number of methoxy groups -OCH3 is 1. The average molecular weight is 274 g/mol. The van der Waals surface area contributed by atoms with Crippen LogP contribution < -0.4 is 4.74 Å². The fraction of sp³-hybridized carbons (Fsp3) is 0.214. The number of aliphatic hydroxyl groups is 1. The van der Waals surface area contributed by atoms with Gasteiger partial charge in [0, 0.05) is 23.7 Å². The van der Waals surface area contributed by atoms with Gasteiger partial charge < -0.3 is 14.8 Å². The Kier molecular flexibility index (Phi) is 4.90. The molecule has 1 aromatic heterocycles. The highest BCUT2D eigenvalue weighted by atomic mass is 32.2. The Labute approximate surface area is 116 Å². The molecule has 0 fully saturated rings. The van der Waals surface area contributed by atoms with Crippen molar-refractivity contribution in [2.75, 3.05) is 13.7 Å². The van der Waals surface area contributed by atoms with Gasteiger partial charge in [-0.05, 0) is 23.8 Å². The number of aromatic amines is 1. The molecular weight excluding hydrogens is 260 g/mol. The Bertz CT molecular complexity index is 585. The number of aromatic nitrogens is 2. The molecule has 1 aromatic carbocycles. The van der Waals surface area contributed by atoms with Crippen LogP contribution >= 0.6 is 11.8 Å². The molecule has 2 aromatic rings. The molecule has 2 rings (SSSR count).